The molecular formula is C100H92BN3Si2. The molecule has 0 aliphatic carbocycles. The predicted molar refractivity (Wildman–Crippen MR) is 462 cm³/mol. The maximum Gasteiger partial charge on any atom is 0.252 e. The van der Waals surface area contributed by atoms with Gasteiger partial charge in [-0.3, -0.25) is 0 Å². The number of nitrogens with zero attached hydrogens (tertiary/aromatic N) is 3. The molecule has 1 aromatic heterocycles. The third-order valence-electron chi connectivity index (χ3n) is 23.1. The molecule has 106 heavy (non-hydrogen) atoms. The maximum absolute atomic E-state index is 3.11. The summed E-state index contributed by atoms with van der Waals surface area (Å²) in [7, 11) is -6.05. The van der Waals surface area contributed by atoms with E-state index in [0.717, 1.165) is 28.4 Å². The third-order valence-corrected chi connectivity index (χ3v) is 32.6. The van der Waals surface area contributed by atoms with Crippen molar-refractivity contribution in [3.63, 3.8) is 0 Å². The number of benzene rings is 14. The molecule has 0 amide bonds. The number of anilines is 6. The molecule has 6 heteroatoms. The van der Waals surface area contributed by atoms with Crippen LogP contribution < -0.4 is 67.7 Å². The molecule has 0 N–H and O–H groups in total. The Hall–Kier alpha value is -11.0. The van der Waals surface area contributed by atoms with Gasteiger partial charge in [0.05, 0.1) is 16.7 Å². The Morgan fingerprint density at radius 3 is 1.06 bits per heavy atom. The zero-order valence-electron chi connectivity index (χ0n) is 63.3. The first-order chi connectivity index (χ1) is 51.1. The quantitative estimate of drug-likeness (QED) is 0.0892. The maximum atomic E-state index is 2.73. The summed E-state index contributed by atoms with van der Waals surface area (Å²) in [5.74, 6) is 0. The van der Waals surface area contributed by atoms with E-state index in [1.54, 1.807) is 0 Å². The van der Waals surface area contributed by atoms with Crippen LogP contribution in [-0.4, -0.2) is 27.4 Å². The standard InChI is InChI=1S/C100H92BN3Si2/c1-97(2,3)70-51-58-90-86(61-70)87-62-71(98(4,5)6)52-59-91(87)103(90)76-67-93-95-94(68-76)104(75-37-34-50-84(66-75)106(80-44-28-17-29-45-80,81-46-30-18-31-47-81)82-48-32-19-33-49-82)96-85(69-35-20-13-21-36-69)63-73(100(10,11)12)65-89(96)101(95)88-64-72(99(7,8)9)53-60-92(88)102(93)74-54-56-83(57-55-74)105(77-38-22-14-23-39-77,78-40-24-15-25-41-78)79-42-26-16-27-43-79/h13-68H,1-12H3. The van der Waals surface area contributed by atoms with Gasteiger partial charge in [-0.2, -0.15) is 0 Å². The number of aromatic nitrogens is 1. The van der Waals surface area contributed by atoms with E-state index in [0.29, 0.717) is 0 Å². The summed E-state index contributed by atoms with van der Waals surface area (Å²) in [5.41, 5.74) is 21.3. The minimum absolute atomic E-state index is 0.0787. The van der Waals surface area contributed by atoms with E-state index in [1.165, 1.54) is 124 Å². The van der Waals surface area contributed by atoms with Gasteiger partial charge in [0.25, 0.3) is 6.71 Å². The van der Waals surface area contributed by atoms with Crippen molar-refractivity contribution in [2.45, 2.75) is 105 Å². The Kier molecular flexibility index (Phi) is 16.7. The van der Waals surface area contributed by atoms with Gasteiger partial charge in [-0.25, -0.2) is 0 Å². The average molecular weight is 1400 g/mol. The van der Waals surface area contributed by atoms with Crippen LogP contribution in [-0.2, 0) is 21.7 Å². The van der Waals surface area contributed by atoms with Gasteiger partial charge in [-0.05, 0) is 180 Å². The topological polar surface area (TPSA) is 11.4 Å². The van der Waals surface area contributed by atoms with Gasteiger partial charge in [0.2, 0.25) is 0 Å². The molecule has 0 bridgehead atoms. The highest BCUT2D eigenvalue weighted by molar-refractivity contribution is 7.20. The number of hydrogen-bond acceptors (Lipinski definition) is 2. The van der Waals surface area contributed by atoms with E-state index >= 15 is 0 Å². The van der Waals surface area contributed by atoms with Gasteiger partial charge < -0.3 is 14.4 Å². The lowest BCUT2D eigenvalue weighted by molar-refractivity contribution is 0.590. The molecular weight excluding hydrogens is 1310 g/mol. The fourth-order valence-electron chi connectivity index (χ4n) is 17.6. The molecule has 0 saturated carbocycles. The number of hydrogen-bond donors (Lipinski definition) is 0. The highest BCUT2D eigenvalue weighted by atomic mass is 28.3. The zero-order chi connectivity index (χ0) is 73.1. The van der Waals surface area contributed by atoms with Crippen LogP contribution in [0.1, 0.15) is 105 Å². The van der Waals surface area contributed by atoms with Crippen LogP contribution in [0.5, 0.6) is 0 Å². The Morgan fingerprint density at radius 2 is 0.623 bits per heavy atom. The molecule has 2 aliphatic rings. The third kappa shape index (κ3) is 11.3. The normalized spacial score (nSPS) is 13.2. The van der Waals surface area contributed by atoms with Gasteiger partial charge in [-0.15, -0.1) is 0 Å². The molecule has 0 saturated heterocycles. The van der Waals surface area contributed by atoms with Gasteiger partial charge in [0, 0.05) is 50.5 Å². The van der Waals surface area contributed by atoms with Crippen molar-refractivity contribution >= 4 is 137 Å². The molecule has 2 aliphatic heterocycles. The molecule has 0 spiro atoms. The van der Waals surface area contributed by atoms with E-state index in [9.17, 15) is 0 Å². The van der Waals surface area contributed by atoms with Gasteiger partial charge in [0.15, 0.2) is 16.1 Å². The monoisotopic (exact) mass is 1400 g/mol. The van der Waals surface area contributed by atoms with Crippen LogP contribution in [0, 0.1) is 0 Å². The summed E-state index contributed by atoms with van der Waals surface area (Å²) in [4.78, 5) is 5.39. The second-order valence-electron chi connectivity index (χ2n) is 33.7. The van der Waals surface area contributed by atoms with Gasteiger partial charge in [-0.1, -0.05) is 350 Å². The Labute approximate surface area is 630 Å². The van der Waals surface area contributed by atoms with Crippen molar-refractivity contribution in [3.8, 4) is 16.8 Å². The highest BCUT2D eigenvalue weighted by Crippen LogP contribution is 2.50. The molecule has 14 aromatic carbocycles. The summed E-state index contributed by atoms with van der Waals surface area (Å²) in [6.07, 6.45) is 0. The lowest BCUT2D eigenvalue weighted by Crippen LogP contribution is -2.74. The van der Waals surface area contributed by atoms with Crippen molar-refractivity contribution in [1.82, 2.24) is 4.57 Å². The second-order valence-corrected chi connectivity index (χ2v) is 41.3. The first kappa shape index (κ1) is 68.1. The summed E-state index contributed by atoms with van der Waals surface area (Å²) < 4.78 is 2.61. The highest BCUT2D eigenvalue weighted by Gasteiger charge is 2.48. The summed E-state index contributed by atoms with van der Waals surface area (Å²) >= 11 is 0. The number of rotatable bonds is 12. The van der Waals surface area contributed by atoms with E-state index in [1.807, 2.05) is 0 Å². The van der Waals surface area contributed by atoms with Crippen molar-refractivity contribution < 1.29 is 0 Å². The van der Waals surface area contributed by atoms with E-state index < -0.39 is 16.1 Å². The van der Waals surface area contributed by atoms with Crippen LogP contribution >= 0.6 is 0 Å². The van der Waals surface area contributed by atoms with Crippen LogP contribution in [0.3, 0.4) is 0 Å². The average Bonchev–Trinajstić information content (AvgIpc) is 0.830. The minimum atomic E-state index is -3.11. The first-order valence-corrected chi connectivity index (χ1v) is 41.9. The molecule has 0 atom stereocenters. The molecule has 0 unspecified atom stereocenters. The molecule has 17 rings (SSSR count). The first-order valence-electron chi connectivity index (χ1n) is 37.9. The largest absolute Gasteiger partial charge is 0.311 e. The van der Waals surface area contributed by atoms with Gasteiger partial charge >= 0.3 is 0 Å². The molecule has 3 nitrogen and oxygen atoms in total. The van der Waals surface area contributed by atoms with E-state index in [4.69, 9.17) is 0 Å². The minimum Gasteiger partial charge on any atom is -0.311 e. The molecule has 3 heterocycles. The van der Waals surface area contributed by atoms with E-state index in [2.05, 4.69) is 437 Å². The predicted octanol–water partition coefficient (Wildman–Crippen LogP) is 18.5. The SMILES string of the molecule is CC(C)(C)c1ccc2c(c1)B1c3cc(C(C)(C)C)cc(-c4ccccc4)c3N(c3cccc([Si](c4ccccc4)(c4ccccc4)c4ccccc4)c3)c3cc(-n4c5ccc(C(C)(C)C)cc5c5cc(C(C)(C)C)ccc54)cc(c31)N2c1ccc([Si](c2ccccc2)(c2ccccc2)c2ccccc2)cc1. The fourth-order valence-corrected chi connectivity index (χ4v) is 27.2. The van der Waals surface area contributed by atoms with Crippen molar-refractivity contribution in [3.05, 3.63) is 362 Å². The molecule has 0 radical (unpaired) electrons. The Bertz CT molecular complexity index is 5530. The fraction of sp³-hybridized carbons (Fsp3) is 0.160. The summed E-state index contributed by atoms with van der Waals surface area (Å²) in [6, 6.07) is 132. The van der Waals surface area contributed by atoms with Crippen LogP contribution in [0.15, 0.2) is 340 Å². The molecule has 15 aromatic rings. The van der Waals surface area contributed by atoms with Crippen molar-refractivity contribution in [1.29, 1.82) is 0 Å². The smallest absolute Gasteiger partial charge is 0.252 e. The zero-order valence-corrected chi connectivity index (χ0v) is 65.3. The lowest BCUT2D eigenvalue weighted by atomic mass is 9.33. The van der Waals surface area contributed by atoms with Crippen molar-refractivity contribution in [2.75, 3.05) is 9.80 Å². The number of fused-ring (bicyclic) bond motifs is 7. The van der Waals surface area contributed by atoms with Crippen LogP contribution in [0.2, 0.25) is 0 Å². The second kappa shape index (κ2) is 25.9. The molecule has 518 valence electrons. The Morgan fingerprint density at radius 1 is 0.255 bits per heavy atom. The van der Waals surface area contributed by atoms with E-state index in [-0.39, 0.29) is 28.4 Å². The van der Waals surface area contributed by atoms with Crippen LogP contribution in [0.25, 0.3) is 38.6 Å². The Balaban J connectivity index is 1.03. The molecule has 0 fully saturated rings. The summed E-state index contributed by atoms with van der Waals surface area (Å²) in [5, 5.41) is 13.2. The van der Waals surface area contributed by atoms with Crippen LogP contribution in [0.4, 0.5) is 34.1 Å². The van der Waals surface area contributed by atoms with Gasteiger partial charge in [0.1, 0.15) is 0 Å². The van der Waals surface area contributed by atoms with Crippen molar-refractivity contribution in [2.24, 2.45) is 0 Å². The lowest BCUT2D eigenvalue weighted by Gasteiger charge is -2.46. The summed E-state index contributed by atoms with van der Waals surface area (Å²) in [6.45, 7) is 28.2.